The first-order valence-electron chi connectivity index (χ1n) is 7.29. The number of ether oxygens (including phenoxy) is 1. The van der Waals surface area contributed by atoms with E-state index in [-0.39, 0.29) is 0 Å². The molecular formula is C16H17N5O2. The van der Waals surface area contributed by atoms with E-state index in [1.54, 1.807) is 12.5 Å². The Morgan fingerprint density at radius 3 is 2.78 bits per heavy atom. The van der Waals surface area contributed by atoms with Crippen LogP contribution < -0.4 is 15.4 Å². The maximum absolute atomic E-state index is 5.41. The molecule has 0 aliphatic carbocycles. The molecule has 7 heteroatoms. The minimum Gasteiger partial charge on any atom is -0.494 e. The zero-order chi connectivity index (χ0) is 15.9. The van der Waals surface area contributed by atoms with Crippen LogP contribution in [0.3, 0.4) is 0 Å². The minimum atomic E-state index is 0.415. The van der Waals surface area contributed by atoms with E-state index >= 15 is 0 Å². The number of nitrogens with zero attached hydrogens (tertiary/aromatic N) is 3. The van der Waals surface area contributed by atoms with Crippen LogP contribution >= 0.6 is 0 Å². The van der Waals surface area contributed by atoms with E-state index in [4.69, 9.17) is 9.15 Å². The molecule has 0 bridgehead atoms. The van der Waals surface area contributed by atoms with Gasteiger partial charge in [-0.1, -0.05) is 0 Å². The minimum absolute atomic E-state index is 0.415. The molecule has 0 spiro atoms. The Morgan fingerprint density at radius 2 is 2.04 bits per heavy atom. The second-order valence-electron chi connectivity index (χ2n) is 4.68. The first-order valence-corrected chi connectivity index (χ1v) is 7.29. The standard InChI is InChI=1S/C16H17N5O2/c1-2-22-13-7-5-12(6-8-13)19-16-20-15(11-18-21-16)17-10-14-4-3-9-23-14/h3-9,11H,2,10H2,1H3,(H2,17,19,20,21). The zero-order valence-corrected chi connectivity index (χ0v) is 12.7. The first-order chi connectivity index (χ1) is 11.3. The number of furan rings is 1. The molecule has 3 rings (SSSR count). The third-order valence-corrected chi connectivity index (χ3v) is 3.00. The van der Waals surface area contributed by atoms with Crippen LogP contribution in [0.15, 0.2) is 53.3 Å². The first kappa shape index (κ1) is 14.8. The highest BCUT2D eigenvalue weighted by Crippen LogP contribution is 2.18. The Morgan fingerprint density at radius 1 is 1.17 bits per heavy atom. The van der Waals surface area contributed by atoms with Crippen LogP contribution in [0.1, 0.15) is 12.7 Å². The molecule has 0 saturated carbocycles. The van der Waals surface area contributed by atoms with Crippen molar-refractivity contribution < 1.29 is 9.15 Å². The van der Waals surface area contributed by atoms with Gasteiger partial charge in [-0.15, -0.1) is 5.10 Å². The summed E-state index contributed by atoms with van der Waals surface area (Å²) in [6, 6.07) is 11.3. The number of aromatic nitrogens is 3. The van der Waals surface area contributed by atoms with Crippen LogP contribution in [0.4, 0.5) is 17.5 Å². The number of anilines is 3. The van der Waals surface area contributed by atoms with E-state index in [1.165, 1.54) is 0 Å². The summed E-state index contributed by atoms with van der Waals surface area (Å²) in [5.74, 6) is 2.68. The van der Waals surface area contributed by atoms with Crippen LogP contribution in [-0.4, -0.2) is 21.8 Å². The zero-order valence-electron chi connectivity index (χ0n) is 12.7. The molecule has 0 aliphatic rings. The van der Waals surface area contributed by atoms with Gasteiger partial charge in [-0.05, 0) is 43.3 Å². The SMILES string of the molecule is CCOc1ccc(Nc2nncc(NCc3ccco3)n2)cc1. The van der Waals surface area contributed by atoms with Gasteiger partial charge in [-0.3, -0.25) is 0 Å². The highest BCUT2D eigenvalue weighted by atomic mass is 16.5. The molecule has 0 atom stereocenters. The molecule has 0 radical (unpaired) electrons. The van der Waals surface area contributed by atoms with Gasteiger partial charge in [0.25, 0.3) is 0 Å². The lowest BCUT2D eigenvalue weighted by molar-refractivity contribution is 0.340. The number of benzene rings is 1. The molecule has 0 amide bonds. The van der Waals surface area contributed by atoms with Crippen LogP contribution in [0, 0.1) is 0 Å². The lowest BCUT2D eigenvalue weighted by Crippen LogP contribution is -2.05. The summed E-state index contributed by atoms with van der Waals surface area (Å²) < 4.78 is 10.7. The average molecular weight is 311 g/mol. The summed E-state index contributed by atoms with van der Waals surface area (Å²) in [5.41, 5.74) is 0.860. The van der Waals surface area contributed by atoms with Gasteiger partial charge in [-0.25, -0.2) is 0 Å². The third-order valence-electron chi connectivity index (χ3n) is 3.00. The second-order valence-corrected chi connectivity index (χ2v) is 4.68. The van der Waals surface area contributed by atoms with Gasteiger partial charge in [0.2, 0.25) is 5.95 Å². The summed E-state index contributed by atoms with van der Waals surface area (Å²) in [6.07, 6.45) is 3.19. The van der Waals surface area contributed by atoms with Crippen molar-refractivity contribution in [3.8, 4) is 5.75 Å². The van der Waals surface area contributed by atoms with E-state index in [2.05, 4.69) is 25.8 Å². The largest absolute Gasteiger partial charge is 0.494 e. The second kappa shape index (κ2) is 7.26. The van der Waals surface area contributed by atoms with Crippen molar-refractivity contribution in [3.63, 3.8) is 0 Å². The molecule has 0 aliphatic heterocycles. The normalized spacial score (nSPS) is 10.3. The highest BCUT2D eigenvalue weighted by Gasteiger charge is 2.03. The van der Waals surface area contributed by atoms with Crippen LogP contribution in [0.5, 0.6) is 5.75 Å². The fourth-order valence-corrected chi connectivity index (χ4v) is 1.96. The fraction of sp³-hybridized carbons (Fsp3) is 0.188. The smallest absolute Gasteiger partial charge is 0.249 e. The maximum Gasteiger partial charge on any atom is 0.249 e. The molecule has 7 nitrogen and oxygen atoms in total. The van der Waals surface area contributed by atoms with Crippen LogP contribution in [0.25, 0.3) is 0 Å². The van der Waals surface area contributed by atoms with Crippen molar-refractivity contribution in [2.45, 2.75) is 13.5 Å². The molecule has 0 saturated heterocycles. The number of nitrogens with one attached hydrogen (secondary N) is 2. The van der Waals surface area contributed by atoms with E-state index in [0.717, 1.165) is 17.2 Å². The van der Waals surface area contributed by atoms with Gasteiger partial charge in [0.05, 0.1) is 25.6 Å². The maximum atomic E-state index is 5.41. The molecule has 23 heavy (non-hydrogen) atoms. The van der Waals surface area contributed by atoms with Gasteiger partial charge < -0.3 is 19.8 Å². The predicted molar refractivity (Wildman–Crippen MR) is 86.8 cm³/mol. The van der Waals surface area contributed by atoms with Crippen molar-refractivity contribution in [2.75, 3.05) is 17.2 Å². The van der Waals surface area contributed by atoms with Crippen LogP contribution in [-0.2, 0) is 6.54 Å². The Bertz CT molecular complexity index is 728. The Kier molecular flexibility index (Phi) is 4.68. The highest BCUT2D eigenvalue weighted by molar-refractivity contribution is 5.55. The lowest BCUT2D eigenvalue weighted by Gasteiger charge is -2.08. The van der Waals surface area contributed by atoms with Crippen molar-refractivity contribution in [1.82, 2.24) is 15.2 Å². The summed E-state index contributed by atoms with van der Waals surface area (Å²) in [7, 11) is 0. The third kappa shape index (κ3) is 4.19. The molecule has 3 aromatic rings. The quantitative estimate of drug-likeness (QED) is 0.693. The molecule has 1 aromatic carbocycles. The van der Waals surface area contributed by atoms with Crippen LogP contribution in [0.2, 0.25) is 0 Å². The van der Waals surface area contributed by atoms with Crippen molar-refractivity contribution in [3.05, 3.63) is 54.6 Å². The molecular weight excluding hydrogens is 294 g/mol. The summed E-state index contributed by atoms with van der Waals surface area (Å²) >= 11 is 0. The van der Waals surface area contributed by atoms with Crippen molar-refractivity contribution >= 4 is 17.5 Å². The summed E-state index contributed by atoms with van der Waals surface area (Å²) in [4.78, 5) is 4.36. The fourth-order valence-electron chi connectivity index (χ4n) is 1.96. The van der Waals surface area contributed by atoms with Crippen molar-refractivity contribution in [1.29, 1.82) is 0 Å². The van der Waals surface area contributed by atoms with E-state index < -0.39 is 0 Å². The monoisotopic (exact) mass is 311 g/mol. The molecule has 0 unspecified atom stereocenters. The predicted octanol–water partition coefficient (Wildman–Crippen LogP) is 3.22. The number of rotatable bonds is 7. The Labute approximate surface area is 133 Å². The molecule has 2 aromatic heterocycles. The molecule has 118 valence electrons. The number of hydrogen-bond acceptors (Lipinski definition) is 7. The van der Waals surface area contributed by atoms with Gasteiger partial charge in [0.1, 0.15) is 11.5 Å². The van der Waals surface area contributed by atoms with E-state index in [1.807, 2.05) is 43.3 Å². The molecule has 2 heterocycles. The molecule has 2 N–H and O–H groups in total. The molecule has 0 fully saturated rings. The average Bonchev–Trinajstić information content (AvgIpc) is 3.09. The topological polar surface area (TPSA) is 85.1 Å². The van der Waals surface area contributed by atoms with Gasteiger partial charge >= 0.3 is 0 Å². The van der Waals surface area contributed by atoms with E-state index in [9.17, 15) is 0 Å². The number of hydrogen-bond donors (Lipinski definition) is 2. The van der Waals surface area contributed by atoms with Crippen molar-refractivity contribution in [2.24, 2.45) is 0 Å². The lowest BCUT2D eigenvalue weighted by atomic mass is 10.3. The summed E-state index contributed by atoms with van der Waals surface area (Å²) in [6.45, 7) is 3.13. The summed E-state index contributed by atoms with van der Waals surface area (Å²) in [5, 5.41) is 14.1. The van der Waals surface area contributed by atoms with Gasteiger partial charge in [-0.2, -0.15) is 10.1 Å². The Balaban J connectivity index is 1.62. The van der Waals surface area contributed by atoms with E-state index in [0.29, 0.717) is 24.9 Å². The van der Waals surface area contributed by atoms with Gasteiger partial charge in [0, 0.05) is 5.69 Å². The van der Waals surface area contributed by atoms with Gasteiger partial charge in [0.15, 0.2) is 5.82 Å². The Hall–Kier alpha value is -3.09.